The molecule has 1 aliphatic carbocycles. The molecule has 80 valence electrons. The van der Waals surface area contributed by atoms with Crippen molar-refractivity contribution in [3.8, 4) is 0 Å². The van der Waals surface area contributed by atoms with Gasteiger partial charge in [-0.25, -0.2) is 0 Å². The summed E-state index contributed by atoms with van der Waals surface area (Å²) >= 11 is 0. The molecule has 2 saturated heterocycles. The topological polar surface area (TPSA) is 15.3 Å². The number of nitrogens with one attached hydrogen (secondary N) is 1. The summed E-state index contributed by atoms with van der Waals surface area (Å²) in [5.74, 6) is 1.05. The van der Waals surface area contributed by atoms with Crippen LogP contribution in [0.4, 0.5) is 0 Å². The molecule has 14 heavy (non-hydrogen) atoms. The summed E-state index contributed by atoms with van der Waals surface area (Å²) in [5.41, 5.74) is 0. The lowest BCUT2D eigenvalue weighted by atomic mass is 9.76. The number of piperidine rings is 1. The van der Waals surface area contributed by atoms with Gasteiger partial charge < -0.3 is 5.32 Å². The number of piperazine rings is 1. The number of rotatable bonds is 0. The van der Waals surface area contributed by atoms with Crippen LogP contribution >= 0.6 is 0 Å². The van der Waals surface area contributed by atoms with Gasteiger partial charge in [-0.05, 0) is 31.6 Å². The first kappa shape index (κ1) is 9.17. The molecule has 0 radical (unpaired) electrons. The molecule has 0 spiro atoms. The highest BCUT2D eigenvalue weighted by Crippen LogP contribution is 2.37. The van der Waals surface area contributed by atoms with Crippen molar-refractivity contribution in [2.45, 2.75) is 50.6 Å². The van der Waals surface area contributed by atoms with E-state index < -0.39 is 0 Å². The monoisotopic (exact) mass is 194 g/mol. The lowest BCUT2D eigenvalue weighted by molar-refractivity contribution is 0.00209. The lowest BCUT2D eigenvalue weighted by Gasteiger charge is -2.50. The number of hydrogen-bond donors (Lipinski definition) is 1. The second-order valence-electron chi connectivity index (χ2n) is 5.29. The summed E-state index contributed by atoms with van der Waals surface area (Å²) in [6.07, 6.45) is 8.94. The Kier molecular flexibility index (Phi) is 2.50. The quantitative estimate of drug-likeness (QED) is 0.630. The van der Waals surface area contributed by atoms with Gasteiger partial charge in [-0.1, -0.05) is 12.8 Å². The van der Waals surface area contributed by atoms with Gasteiger partial charge in [0.15, 0.2) is 0 Å². The van der Waals surface area contributed by atoms with E-state index in [9.17, 15) is 0 Å². The van der Waals surface area contributed by atoms with Crippen LogP contribution in [0.25, 0.3) is 0 Å². The lowest BCUT2D eigenvalue weighted by Crippen LogP contribution is -2.60. The molecule has 2 heteroatoms. The average molecular weight is 194 g/mol. The second-order valence-corrected chi connectivity index (χ2v) is 5.29. The smallest absolute Gasteiger partial charge is 0.0224 e. The number of nitrogens with zero attached hydrogens (tertiary/aromatic N) is 1. The summed E-state index contributed by atoms with van der Waals surface area (Å²) in [6.45, 7) is 3.79. The molecule has 3 fully saturated rings. The van der Waals surface area contributed by atoms with E-state index in [2.05, 4.69) is 10.2 Å². The zero-order chi connectivity index (χ0) is 9.38. The van der Waals surface area contributed by atoms with Crippen molar-refractivity contribution in [3.05, 3.63) is 0 Å². The first-order chi connectivity index (χ1) is 6.95. The Morgan fingerprint density at radius 1 is 1.00 bits per heavy atom. The second kappa shape index (κ2) is 3.82. The molecule has 3 aliphatic rings. The van der Waals surface area contributed by atoms with E-state index in [-0.39, 0.29) is 0 Å². The summed E-state index contributed by atoms with van der Waals surface area (Å²) < 4.78 is 0. The van der Waals surface area contributed by atoms with Crippen molar-refractivity contribution in [3.63, 3.8) is 0 Å². The maximum atomic E-state index is 3.54. The zero-order valence-electron chi connectivity index (χ0n) is 9.04. The van der Waals surface area contributed by atoms with Gasteiger partial charge in [-0.2, -0.15) is 0 Å². The van der Waals surface area contributed by atoms with E-state index in [1.807, 2.05) is 0 Å². The molecular formula is C12H22N2. The minimum absolute atomic E-state index is 0.878. The average Bonchev–Trinajstić information content (AvgIpc) is 2.29. The third-order valence-electron chi connectivity index (χ3n) is 4.56. The standard InChI is InChI=1S/C12H22N2/c1-2-4-12-10(3-1)5-6-11-9-13-7-8-14(11)12/h10-13H,1-9H2. The molecule has 3 atom stereocenters. The fourth-order valence-electron chi connectivity index (χ4n) is 3.85. The molecule has 0 aromatic heterocycles. The first-order valence-corrected chi connectivity index (χ1v) is 6.41. The van der Waals surface area contributed by atoms with Gasteiger partial charge >= 0.3 is 0 Å². The molecule has 0 aromatic carbocycles. The molecule has 3 unspecified atom stereocenters. The highest BCUT2D eigenvalue weighted by molar-refractivity contribution is 4.94. The molecule has 0 amide bonds. The summed E-state index contributed by atoms with van der Waals surface area (Å²) in [4.78, 5) is 2.84. The van der Waals surface area contributed by atoms with E-state index in [1.165, 1.54) is 58.2 Å². The minimum atomic E-state index is 0.878. The van der Waals surface area contributed by atoms with Crippen LogP contribution in [0.3, 0.4) is 0 Å². The van der Waals surface area contributed by atoms with E-state index >= 15 is 0 Å². The molecule has 0 aromatic rings. The minimum Gasteiger partial charge on any atom is -0.314 e. The molecule has 2 aliphatic heterocycles. The highest BCUT2D eigenvalue weighted by Gasteiger charge is 2.38. The Morgan fingerprint density at radius 2 is 1.93 bits per heavy atom. The molecule has 2 nitrogen and oxygen atoms in total. The molecule has 2 heterocycles. The van der Waals surface area contributed by atoms with Crippen LogP contribution in [0.5, 0.6) is 0 Å². The zero-order valence-corrected chi connectivity index (χ0v) is 9.04. The third kappa shape index (κ3) is 1.49. The Bertz CT molecular complexity index is 182. The Balaban J connectivity index is 1.74. The Hall–Kier alpha value is -0.0800. The Morgan fingerprint density at radius 3 is 2.93 bits per heavy atom. The molecule has 0 bridgehead atoms. The molecule has 3 rings (SSSR count). The maximum absolute atomic E-state index is 3.54. The van der Waals surface area contributed by atoms with E-state index in [0.29, 0.717) is 0 Å². The SMILES string of the molecule is C1CCC2C(C1)CCC1CNCCN12. The van der Waals surface area contributed by atoms with E-state index in [1.54, 1.807) is 0 Å². The van der Waals surface area contributed by atoms with Crippen molar-refractivity contribution < 1.29 is 0 Å². The van der Waals surface area contributed by atoms with Crippen LogP contribution in [-0.4, -0.2) is 36.6 Å². The number of fused-ring (bicyclic) bond motifs is 3. The normalized spacial score (nSPS) is 44.1. The van der Waals surface area contributed by atoms with Gasteiger partial charge in [-0.3, -0.25) is 4.90 Å². The number of hydrogen-bond acceptors (Lipinski definition) is 2. The molecule has 1 N–H and O–H groups in total. The van der Waals surface area contributed by atoms with Crippen molar-refractivity contribution in [2.75, 3.05) is 19.6 Å². The predicted octanol–water partition coefficient (Wildman–Crippen LogP) is 1.61. The Labute approximate surface area is 87.0 Å². The van der Waals surface area contributed by atoms with Crippen molar-refractivity contribution >= 4 is 0 Å². The van der Waals surface area contributed by atoms with Gasteiger partial charge in [0.2, 0.25) is 0 Å². The van der Waals surface area contributed by atoms with Crippen LogP contribution in [0.15, 0.2) is 0 Å². The van der Waals surface area contributed by atoms with Gasteiger partial charge in [0.1, 0.15) is 0 Å². The van der Waals surface area contributed by atoms with Gasteiger partial charge in [0.05, 0.1) is 0 Å². The molecule has 1 saturated carbocycles. The van der Waals surface area contributed by atoms with E-state index in [0.717, 1.165) is 18.0 Å². The van der Waals surface area contributed by atoms with Crippen LogP contribution in [0.2, 0.25) is 0 Å². The van der Waals surface area contributed by atoms with Crippen LogP contribution in [-0.2, 0) is 0 Å². The maximum Gasteiger partial charge on any atom is 0.0224 e. The van der Waals surface area contributed by atoms with Crippen molar-refractivity contribution in [2.24, 2.45) is 5.92 Å². The molecular weight excluding hydrogens is 172 g/mol. The van der Waals surface area contributed by atoms with Crippen molar-refractivity contribution in [1.82, 2.24) is 10.2 Å². The van der Waals surface area contributed by atoms with Gasteiger partial charge in [-0.15, -0.1) is 0 Å². The van der Waals surface area contributed by atoms with Gasteiger partial charge in [0.25, 0.3) is 0 Å². The van der Waals surface area contributed by atoms with Crippen molar-refractivity contribution in [1.29, 1.82) is 0 Å². The largest absolute Gasteiger partial charge is 0.314 e. The summed E-state index contributed by atoms with van der Waals surface area (Å²) in [5, 5.41) is 3.54. The van der Waals surface area contributed by atoms with Crippen LogP contribution in [0, 0.1) is 5.92 Å². The third-order valence-corrected chi connectivity index (χ3v) is 4.56. The summed E-state index contributed by atoms with van der Waals surface area (Å²) in [6, 6.07) is 1.84. The highest BCUT2D eigenvalue weighted by atomic mass is 15.3. The summed E-state index contributed by atoms with van der Waals surface area (Å²) in [7, 11) is 0. The van der Waals surface area contributed by atoms with Crippen LogP contribution in [0.1, 0.15) is 38.5 Å². The van der Waals surface area contributed by atoms with Gasteiger partial charge in [0, 0.05) is 31.7 Å². The predicted molar refractivity (Wildman–Crippen MR) is 58.3 cm³/mol. The van der Waals surface area contributed by atoms with Crippen LogP contribution < -0.4 is 5.32 Å². The fourth-order valence-corrected chi connectivity index (χ4v) is 3.85. The fraction of sp³-hybridized carbons (Fsp3) is 1.00. The first-order valence-electron chi connectivity index (χ1n) is 6.41. The van der Waals surface area contributed by atoms with E-state index in [4.69, 9.17) is 0 Å².